The number of benzene rings is 1. The van der Waals surface area contributed by atoms with Crippen LogP contribution in [0.4, 0.5) is 5.69 Å². The minimum Gasteiger partial charge on any atom is -0.398 e. The Hall–Kier alpha value is -1.11. The molecule has 1 unspecified atom stereocenters. The van der Waals surface area contributed by atoms with Gasteiger partial charge in [-0.1, -0.05) is 18.2 Å². The predicted molar refractivity (Wildman–Crippen MR) is 81.7 cm³/mol. The fourth-order valence-corrected chi connectivity index (χ4v) is 3.94. The van der Waals surface area contributed by atoms with Gasteiger partial charge in [-0.3, -0.25) is 0 Å². The van der Waals surface area contributed by atoms with Crippen molar-refractivity contribution in [3.8, 4) is 0 Å². The van der Waals surface area contributed by atoms with E-state index in [1.54, 1.807) is 19.2 Å². The molecule has 6 heteroatoms. The minimum absolute atomic E-state index is 0.0290. The molecular formula is C14H23N3O2S. The molecule has 1 aliphatic heterocycles. The third-order valence-electron chi connectivity index (χ3n) is 3.87. The van der Waals surface area contributed by atoms with E-state index in [0.29, 0.717) is 23.7 Å². The van der Waals surface area contributed by atoms with Crippen LogP contribution in [-0.2, 0) is 15.8 Å². The van der Waals surface area contributed by atoms with Gasteiger partial charge in [0.15, 0.2) is 0 Å². The zero-order valence-corrected chi connectivity index (χ0v) is 12.9. The molecule has 0 aliphatic carbocycles. The molecule has 0 radical (unpaired) electrons. The van der Waals surface area contributed by atoms with E-state index in [1.165, 1.54) is 4.31 Å². The van der Waals surface area contributed by atoms with Gasteiger partial charge < -0.3 is 10.6 Å². The maximum atomic E-state index is 12.4. The molecule has 5 nitrogen and oxygen atoms in total. The second-order valence-corrected chi connectivity index (χ2v) is 7.73. The predicted octanol–water partition coefficient (Wildman–Crippen LogP) is 0.982. The zero-order valence-electron chi connectivity index (χ0n) is 12.1. The van der Waals surface area contributed by atoms with Crippen molar-refractivity contribution in [2.24, 2.45) is 5.92 Å². The summed E-state index contributed by atoms with van der Waals surface area (Å²) in [7, 11) is 0.422. The lowest BCUT2D eigenvalue weighted by Gasteiger charge is -2.21. The number of likely N-dealkylation sites (tertiary alicyclic amines) is 1. The first kappa shape index (κ1) is 15.3. The maximum absolute atomic E-state index is 12.4. The van der Waals surface area contributed by atoms with E-state index >= 15 is 0 Å². The van der Waals surface area contributed by atoms with Crippen LogP contribution in [0.2, 0.25) is 0 Å². The van der Waals surface area contributed by atoms with Crippen molar-refractivity contribution in [1.29, 1.82) is 0 Å². The summed E-state index contributed by atoms with van der Waals surface area (Å²) in [6.45, 7) is 2.59. The molecule has 2 N–H and O–H groups in total. The van der Waals surface area contributed by atoms with E-state index in [1.807, 2.05) is 12.1 Å². The first-order chi connectivity index (χ1) is 9.38. The van der Waals surface area contributed by atoms with Crippen LogP contribution >= 0.6 is 0 Å². The Morgan fingerprint density at radius 3 is 2.70 bits per heavy atom. The zero-order chi connectivity index (χ0) is 14.8. The molecule has 0 bridgehead atoms. The van der Waals surface area contributed by atoms with E-state index < -0.39 is 10.0 Å². The number of nitrogen functional groups attached to an aromatic ring is 1. The van der Waals surface area contributed by atoms with Crippen molar-refractivity contribution >= 4 is 15.7 Å². The molecule has 0 aromatic heterocycles. The Bertz CT molecular complexity index is 559. The highest BCUT2D eigenvalue weighted by molar-refractivity contribution is 7.88. The van der Waals surface area contributed by atoms with Crippen molar-refractivity contribution < 1.29 is 8.42 Å². The second-order valence-electron chi connectivity index (χ2n) is 5.65. The summed E-state index contributed by atoms with van der Waals surface area (Å²) >= 11 is 0. The van der Waals surface area contributed by atoms with Crippen molar-refractivity contribution in [2.75, 3.05) is 39.5 Å². The van der Waals surface area contributed by atoms with Gasteiger partial charge in [0.2, 0.25) is 10.0 Å². The van der Waals surface area contributed by atoms with Crippen molar-refractivity contribution in [1.82, 2.24) is 9.21 Å². The largest absolute Gasteiger partial charge is 0.398 e. The van der Waals surface area contributed by atoms with E-state index in [-0.39, 0.29) is 5.75 Å². The monoisotopic (exact) mass is 297 g/mol. The van der Waals surface area contributed by atoms with Gasteiger partial charge in [0.05, 0.1) is 5.75 Å². The number of hydrogen-bond donors (Lipinski definition) is 1. The van der Waals surface area contributed by atoms with Gasteiger partial charge in [-0.15, -0.1) is 0 Å². The number of hydrogen-bond acceptors (Lipinski definition) is 4. The molecule has 1 heterocycles. The molecule has 20 heavy (non-hydrogen) atoms. The summed E-state index contributed by atoms with van der Waals surface area (Å²) in [4.78, 5) is 2.24. The van der Waals surface area contributed by atoms with Gasteiger partial charge in [0.25, 0.3) is 0 Å². The second kappa shape index (κ2) is 6.11. The number of para-hydroxylation sites is 1. The molecule has 1 aliphatic rings. The van der Waals surface area contributed by atoms with Crippen LogP contribution < -0.4 is 5.73 Å². The van der Waals surface area contributed by atoms with E-state index in [0.717, 1.165) is 19.5 Å². The van der Waals surface area contributed by atoms with Crippen LogP contribution in [0.25, 0.3) is 0 Å². The van der Waals surface area contributed by atoms with Crippen molar-refractivity contribution in [2.45, 2.75) is 12.2 Å². The third kappa shape index (κ3) is 3.71. The van der Waals surface area contributed by atoms with E-state index in [9.17, 15) is 8.42 Å². The Labute approximate surface area is 121 Å². The fourth-order valence-electron chi connectivity index (χ4n) is 2.62. The summed E-state index contributed by atoms with van der Waals surface area (Å²) < 4.78 is 26.2. The molecule has 1 aromatic carbocycles. The topological polar surface area (TPSA) is 66.6 Å². The Kier molecular flexibility index (Phi) is 4.67. The normalized spacial score (nSPS) is 20.6. The van der Waals surface area contributed by atoms with Gasteiger partial charge in [-0.05, 0) is 37.6 Å². The molecule has 1 fully saturated rings. The lowest BCUT2D eigenvalue weighted by Crippen LogP contribution is -2.33. The van der Waals surface area contributed by atoms with E-state index in [2.05, 4.69) is 11.9 Å². The minimum atomic E-state index is -3.31. The molecule has 0 saturated carbocycles. The first-order valence-electron chi connectivity index (χ1n) is 6.84. The highest BCUT2D eigenvalue weighted by Gasteiger charge is 2.26. The molecule has 1 saturated heterocycles. The summed E-state index contributed by atoms with van der Waals surface area (Å²) in [5.41, 5.74) is 7.02. The van der Waals surface area contributed by atoms with Gasteiger partial charge in [-0.2, -0.15) is 0 Å². The quantitative estimate of drug-likeness (QED) is 0.823. The average Bonchev–Trinajstić information content (AvgIpc) is 2.77. The number of anilines is 1. The number of sulfonamides is 1. The maximum Gasteiger partial charge on any atom is 0.218 e. The summed E-state index contributed by atoms with van der Waals surface area (Å²) in [5.74, 6) is 0.395. The number of nitrogens with two attached hydrogens (primary N) is 1. The van der Waals surface area contributed by atoms with Crippen LogP contribution in [-0.4, -0.2) is 51.4 Å². The van der Waals surface area contributed by atoms with Gasteiger partial charge >= 0.3 is 0 Å². The van der Waals surface area contributed by atoms with Gasteiger partial charge in [0.1, 0.15) is 0 Å². The lowest BCUT2D eigenvalue weighted by atomic mass is 10.1. The molecule has 2 rings (SSSR count). The highest BCUT2D eigenvalue weighted by atomic mass is 32.2. The number of rotatable bonds is 5. The Morgan fingerprint density at radius 2 is 2.10 bits per heavy atom. The molecular weight excluding hydrogens is 274 g/mol. The first-order valence-corrected chi connectivity index (χ1v) is 8.45. The van der Waals surface area contributed by atoms with Crippen LogP contribution in [0.15, 0.2) is 24.3 Å². The molecule has 0 amide bonds. The molecule has 1 aromatic rings. The molecule has 1 atom stereocenters. The summed E-state index contributed by atoms with van der Waals surface area (Å²) in [6.07, 6.45) is 1.06. The average molecular weight is 297 g/mol. The van der Waals surface area contributed by atoms with Crippen LogP contribution in [0.5, 0.6) is 0 Å². The molecule has 112 valence electrons. The Balaban J connectivity index is 2.01. The Morgan fingerprint density at radius 1 is 1.40 bits per heavy atom. The lowest BCUT2D eigenvalue weighted by molar-refractivity contribution is 0.356. The summed E-state index contributed by atoms with van der Waals surface area (Å²) in [6, 6.07) is 7.12. The highest BCUT2D eigenvalue weighted by Crippen LogP contribution is 2.20. The SMILES string of the molecule is CN1CCC(CN(C)S(=O)(=O)Cc2ccccc2N)C1. The van der Waals surface area contributed by atoms with Crippen molar-refractivity contribution in [3.05, 3.63) is 29.8 Å². The number of nitrogens with zero attached hydrogens (tertiary/aromatic N) is 2. The van der Waals surface area contributed by atoms with Crippen LogP contribution in [0.3, 0.4) is 0 Å². The van der Waals surface area contributed by atoms with Crippen molar-refractivity contribution in [3.63, 3.8) is 0 Å². The van der Waals surface area contributed by atoms with Gasteiger partial charge in [0, 0.05) is 25.8 Å². The van der Waals surface area contributed by atoms with E-state index in [4.69, 9.17) is 5.73 Å². The smallest absolute Gasteiger partial charge is 0.218 e. The van der Waals surface area contributed by atoms with Crippen LogP contribution in [0.1, 0.15) is 12.0 Å². The molecule has 0 spiro atoms. The fraction of sp³-hybridized carbons (Fsp3) is 0.571. The summed E-state index contributed by atoms with van der Waals surface area (Å²) in [5, 5.41) is 0. The van der Waals surface area contributed by atoms with Gasteiger partial charge in [-0.25, -0.2) is 12.7 Å². The standard InChI is InChI=1S/C14H23N3O2S/c1-16-8-7-12(9-16)10-17(2)20(18,19)11-13-5-3-4-6-14(13)15/h3-6,12H,7-11,15H2,1-2H3. The van der Waals surface area contributed by atoms with Crippen LogP contribution in [0, 0.1) is 5.92 Å². The third-order valence-corrected chi connectivity index (χ3v) is 5.65.